The largest absolute Gasteiger partial charge is 0.492 e. The molecule has 1 atom stereocenters. The molecule has 0 N–H and O–H groups in total. The van der Waals surface area contributed by atoms with Gasteiger partial charge in [0, 0.05) is 13.1 Å². The molecule has 1 aromatic rings. The molecule has 1 heterocycles. The molecule has 1 saturated heterocycles. The van der Waals surface area contributed by atoms with Crippen molar-refractivity contribution in [3.05, 3.63) is 24.3 Å². The minimum Gasteiger partial charge on any atom is -0.492 e. The van der Waals surface area contributed by atoms with Crippen molar-refractivity contribution in [1.82, 2.24) is 4.31 Å². The second kappa shape index (κ2) is 6.99. The van der Waals surface area contributed by atoms with Crippen LogP contribution in [0.2, 0.25) is 0 Å². The van der Waals surface area contributed by atoms with E-state index in [1.54, 1.807) is 28.6 Å². The Kier molecular flexibility index (Phi) is 5.52. The quantitative estimate of drug-likeness (QED) is 0.753. The first-order valence-corrected chi connectivity index (χ1v) is 9.21. The fourth-order valence-corrected chi connectivity index (χ4v) is 4.12. The molecule has 6 heteroatoms. The van der Waals surface area contributed by atoms with Gasteiger partial charge in [0.2, 0.25) is 10.0 Å². The van der Waals surface area contributed by atoms with Crippen molar-refractivity contribution >= 4 is 21.6 Å². The molecule has 118 valence electrons. The van der Waals surface area contributed by atoms with Crippen molar-refractivity contribution in [3.63, 3.8) is 0 Å². The first-order valence-electron chi connectivity index (χ1n) is 7.24. The van der Waals surface area contributed by atoms with Crippen LogP contribution >= 0.6 is 11.6 Å². The zero-order chi connectivity index (χ0) is 15.5. The summed E-state index contributed by atoms with van der Waals surface area (Å²) in [4.78, 5) is 0.324. The number of rotatable bonds is 6. The number of ether oxygens (including phenoxy) is 1. The van der Waals surface area contributed by atoms with Gasteiger partial charge in [0.25, 0.3) is 0 Å². The molecule has 0 saturated carbocycles. The van der Waals surface area contributed by atoms with Crippen molar-refractivity contribution < 1.29 is 13.2 Å². The molecular formula is C15H22ClNO3S. The Labute approximate surface area is 132 Å². The van der Waals surface area contributed by atoms with E-state index in [9.17, 15) is 8.42 Å². The average molecular weight is 332 g/mol. The number of alkyl halides is 1. The summed E-state index contributed by atoms with van der Waals surface area (Å²) in [6.45, 7) is 5.92. The van der Waals surface area contributed by atoms with Crippen molar-refractivity contribution in [3.8, 4) is 5.75 Å². The lowest BCUT2D eigenvalue weighted by molar-refractivity contribution is 0.342. The third kappa shape index (κ3) is 3.90. The topological polar surface area (TPSA) is 46.6 Å². The van der Waals surface area contributed by atoms with E-state index in [1.807, 2.05) is 0 Å². The smallest absolute Gasteiger partial charge is 0.243 e. The molecule has 0 bridgehead atoms. The minimum atomic E-state index is -3.39. The summed E-state index contributed by atoms with van der Waals surface area (Å²) >= 11 is 5.55. The molecule has 1 fully saturated rings. The van der Waals surface area contributed by atoms with Gasteiger partial charge < -0.3 is 4.74 Å². The third-order valence-electron chi connectivity index (χ3n) is 3.94. The highest BCUT2D eigenvalue weighted by atomic mass is 35.5. The van der Waals surface area contributed by atoms with E-state index in [0.29, 0.717) is 48.1 Å². The Morgan fingerprint density at radius 3 is 2.52 bits per heavy atom. The summed E-state index contributed by atoms with van der Waals surface area (Å²) < 4.78 is 32.1. The minimum absolute atomic E-state index is 0.324. The molecule has 0 radical (unpaired) electrons. The first-order chi connectivity index (χ1) is 9.95. The van der Waals surface area contributed by atoms with Gasteiger partial charge in [-0.15, -0.1) is 11.6 Å². The fraction of sp³-hybridized carbons (Fsp3) is 0.600. The van der Waals surface area contributed by atoms with Crippen LogP contribution in [0.4, 0.5) is 0 Å². The average Bonchev–Trinajstić information content (AvgIpc) is 2.96. The van der Waals surface area contributed by atoms with Gasteiger partial charge in [0.1, 0.15) is 12.4 Å². The number of sulfonamides is 1. The second-order valence-corrected chi connectivity index (χ2v) is 7.98. The van der Waals surface area contributed by atoms with E-state index in [2.05, 4.69) is 13.8 Å². The second-order valence-electron chi connectivity index (χ2n) is 5.66. The van der Waals surface area contributed by atoms with Crippen molar-refractivity contribution in [1.29, 1.82) is 0 Å². The first kappa shape index (κ1) is 16.6. The zero-order valence-corrected chi connectivity index (χ0v) is 14.0. The summed E-state index contributed by atoms with van der Waals surface area (Å²) in [5.74, 6) is 2.00. The highest BCUT2D eigenvalue weighted by Crippen LogP contribution is 2.29. The Morgan fingerprint density at radius 2 is 2.00 bits per heavy atom. The van der Waals surface area contributed by atoms with Crippen molar-refractivity contribution in [2.75, 3.05) is 25.6 Å². The Balaban J connectivity index is 2.09. The Morgan fingerprint density at radius 1 is 1.33 bits per heavy atom. The van der Waals surface area contributed by atoms with Crippen LogP contribution in [0, 0.1) is 11.8 Å². The summed E-state index contributed by atoms with van der Waals surface area (Å²) in [6, 6.07) is 6.55. The highest BCUT2D eigenvalue weighted by Gasteiger charge is 2.33. The van der Waals surface area contributed by atoms with Crippen LogP contribution < -0.4 is 4.74 Å². The molecule has 2 rings (SSSR count). The monoisotopic (exact) mass is 331 g/mol. The van der Waals surface area contributed by atoms with Crippen LogP contribution in [0.15, 0.2) is 29.2 Å². The maximum Gasteiger partial charge on any atom is 0.243 e. The molecule has 1 aliphatic heterocycles. The van der Waals surface area contributed by atoms with E-state index >= 15 is 0 Å². The molecule has 4 nitrogen and oxygen atoms in total. The number of halogens is 1. The van der Waals surface area contributed by atoms with Gasteiger partial charge in [0.05, 0.1) is 10.8 Å². The highest BCUT2D eigenvalue weighted by molar-refractivity contribution is 7.89. The van der Waals surface area contributed by atoms with Crippen molar-refractivity contribution in [2.45, 2.75) is 25.2 Å². The van der Waals surface area contributed by atoms with Crippen LogP contribution in [0.5, 0.6) is 5.75 Å². The molecule has 1 aromatic carbocycles. The summed E-state index contributed by atoms with van der Waals surface area (Å²) in [7, 11) is -3.39. The molecule has 0 amide bonds. The SMILES string of the molecule is CC(C)C1CCN(S(=O)(=O)c2ccc(OCCCl)cc2)C1. The van der Waals surface area contributed by atoms with Gasteiger partial charge >= 0.3 is 0 Å². The van der Waals surface area contributed by atoms with Gasteiger partial charge in [-0.25, -0.2) is 8.42 Å². The van der Waals surface area contributed by atoms with Crippen molar-refractivity contribution in [2.24, 2.45) is 11.8 Å². The maximum atomic E-state index is 12.6. The van der Waals surface area contributed by atoms with E-state index in [4.69, 9.17) is 16.3 Å². The van der Waals surface area contributed by atoms with Crippen LogP contribution in [-0.4, -0.2) is 38.3 Å². The molecular weight excluding hydrogens is 310 g/mol. The lowest BCUT2D eigenvalue weighted by Crippen LogP contribution is -2.29. The van der Waals surface area contributed by atoms with Gasteiger partial charge in [-0.05, 0) is 42.5 Å². The van der Waals surface area contributed by atoms with Crippen LogP contribution in [0.25, 0.3) is 0 Å². The van der Waals surface area contributed by atoms with Crippen LogP contribution in [-0.2, 0) is 10.0 Å². The number of hydrogen-bond acceptors (Lipinski definition) is 3. The normalized spacial score (nSPS) is 20.1. The van der Waals surface area contributed by atoms with Gasteiger partial charge in [-0.1, -0.05) is 13.8 Å². The van der Waals surface area contributed by atoms with Gasteiger partial charge in [-0.3, -0.25) is 0 Å². The lowest BCUT2D eigenvalue weighted by Gasteiger charge is -2.18. The van der Waals surface area contributed by atoms with E-state index in [-0.39, 0.29) is 0 Å². The van der Waals surface area contributed by atoms with E-state index < -0.39 is 10.0 Å². The standard InChI is InChI=1S/C15H22ClNO3S/c1-12(2)13-7-9-17(11-13)21(18,19)15-5-3-14(4-6-15)20-10-8-16/h3-6,12-13H,7-11H2,1-2H3. The number of benzene rings is 1. The van der Waals surface area contributed by atoms with Gasteiger partial charge in [0.15, 0.2) is 0 Å². The van der Waals surface area contributed by atoms with E-state index in [1.165, 1.54) is 0 Å². The van der Waals surface area contributed by atoms with Gasteiger partial charge in [-0.2, -0.15) is 4.31 Å². The maximum absolute atomic E-state index is 12.6. The molecule has 0 aliphatic carbocycles. The number of nitrogens with zero attached hydrogens (tertiary/aromatic N) is 1. The molecule has 21 heavy (non-hydrogen) atoms. The molecule has 0 spiro atoms. The molecule has 1 aliphatic rings. The van der Waals surface area contributed by atoms with Crippen LogP contribution in [0.3, 0.4) is 0 Å². The Bertz CT molecular complexity index is 557. The summed E-state index contributed by atoms with van der Waals surface area (Å²) in [6.07, 6.45) is 0.938. The lowest BCUT2D eigenvalue weighted by atomic mass is 9.96. The predicted molar refractivity (Wildman–Crippen MR) is 84.4 cm³/mol. The molecule has 0 aromatic heterocycles. The summed E-state index contributed by atoms with van der Waals surface area (Å²) in [5.41, 5.74) is 0. The number of hydrogen-bond donors (Lipinski definition) is 0. The van der Waals surface area contributed by atoms with E-state index in [0.717, 1.165) is 6.42 Å². The fourth-order valence-electron chi connectivity index (χ4n) is 2.53. The third-order valence-corrected chi connectivity index (χ3v) is 5.97. The zero-order valence-electron chi connectivity index (χ0n) is 12.5. The Hall–Kier alpha value is -0.780. The van der Waals surface area contributed by atoms with Crippen LogP contribution in [0.1, 0.15) is 20.3 Å². The summed E-state index contributed by atoms with van der Waals surface area (Å²) in [5, 5.41) is 0. The predicted octanol–water partition coefficient (Wildman–Crippen LogP) is 2.97. The molecule has 1 unspecified atom stereocenters.